The van der Waals surface area contributed by atoms with Crippen molar-refractivity contribution in [3.63, 3.8) is 0 Å². The van der Waals surface area contributed by atoms with Gasteiger partial charge in [0.1, 0.15) is 36.3 Å². The second-order valence-electron chi connectivity index (χ2n) is 15.2. The molecule has 0 aliphatic heterocycles. The van der Waals surface area contributed by atoms with Crippen LogP contribution < -0.4 is 71.6 Å². The molecular weight excluding hydrogens is 955 g/mol. The highest BCUT2D eigenvalue weighted by molar-refractivity contribution is 7.98. The number of carboxylic acid groups (broad SMARTS) is 4. The van der Waals surface area contributed by atoms with Gasteiger partial charge in [0.15, 0.2) is 11.9 Å². The Morgan fingerprint density at radius 2 is 0.886 bits per heavy atom. The minimum Gasteiger partial charge on any atom is -0.481 e. The summed E-state index contributed by atoms with van der Waals surface area (Å²) in [6.07, 6.45) is -2.67. The number of amides is 8. The number of carbonyl (C=O) groups excluding carboxylic acids is 8. The third-order valence-electron chi connectivity index (χ3n) is 9.43. The van der Waals surface area contributed by atoms with Crippen LogP contribution in [0.15, 0.2) is 9.98 Å². The van der Waals surface area contributed by atoms with Crippen molar-refractivity contribution in [1.29, 1.82) is 0 Å². The van der Waals surface area contributed by atoms with Crippen molar-refractivity contribution in [3.8, 4) is 0 Å². The van der Waals surface area contributed by atoms with Gasteiger partial charge in [0.2, 0.25) is 47.3 Å². The second-order valence-corrected chi connectivity index (χ2v) is 16.2. The molecule has 0 spiro atoms. The quantitative estimate of drug-likeness (QED) is 0.0156. The molecule has 70 heavy (non-hydrogen) atoms. The molecule has 0 fully saturated rings. The number of nitrogens with one attached hydrogen (secondary N) is 7. The SMILES string of the molecule is CSCC[C@H](NC(=O)[C@H](CCC(=O)O)NC(=O)[C@@H](N)CCC(=O)O)C(=O)N[C@@H](CCC(N)=O)C(=O)N[C@@H](CCCN=C(N)N)C(=O)N[C@@H](CCCN=C(N)N)C(=O)NCC(=O)N[C@@H](CC(=O)O)C(=O)O. The Morgan fingerprint density at radius 1 is 0.486 bits per heavy atom. The van der Waals surface area contributed by atoms with Crippen LogP contribution in [0.3, 0.4) is 0 Å². The van der Waals surface area contributed by atoms with Crippen molar-refractivity contribution in [1.82, 2.24) is 37.2 Å². The van der Waals surface area contributed by atoms with E-state index in [0.717, 1.165) is 0 Å². The molecule has 0 radical (unpaired) electrons. The van der Waals surface area contributed by atoms with Gasteiger partial charge in [0, 0.05) is 32.4 Å². The molecule has 0 aliphatic rings. The fraction of sp³-hybridized carbons (Fsp3) is 0.632. The Labute approximate surface area is 404 Å². The van der Waals surface area contributed by atoms with E-state index in [9.17, 15) is 67.7 Å². The fourth-order valence-corrected chi connectivity index (χ4v) is 6.30. The third-order valence-corrected chi connectivity index (χ3v) is 10.1. The van der Waals surface area contributed by atoms with Gasteiger partial charge in [0.05, 0.1) is 19.0 Å². The van der Waals surface area contributed by atoms with Crippen LogP contribution in [0.25, 0.3) is 0 Å². The predicted octanol–water partition coefficient (Wildman–Crippen LogP) is -7.25. The number of carboxylic acids is 4. The summed E-state index contributed by atoms with van der Waals surface area (Å²) in [7, 11) is 0. The molecule has 0 aromatic carbocycles. The van der Waals surface area contributed by atoms with Crippen molar-refractivity contribution in [2.75, 3.05) is 31.6 Å². The summed E-state index contributed by atoms with van der Waals surface area (Å²) in [6, 6.07) is -11.0. The topological polar surface area (TPSA) is 551 Å². The summed E-state index contributed by atoms with van der Waals surface area (Å²) in [5.41, 5.74) is 32.7. The zero-order valence-electron chi connectivity index (χ0n) is 38.3. The molecule has 0 saturated carbocycles. The Hall–Kier alpha value is -7.51. The summed E-state index contributed by atoms with van der Waals surface area (Å²) < 4.78 is 0. The lowest BCUT2D eigenvalue weighted by atomic mass is 10.0. The first kappa shape index (κ1) is 62.5. The van der Waals surface area contributed by atoms with Crippen molar-refractivity contribution in [3.05, 3.63) is 0 Å². The number of nitrogens with zero attached hydrogens (tertiary/aromatic N) is 2. The molecule has 23 N–H and O–H groups in total. The van der Waals surface area contributed by atoms with Crippen molar-refractivity contribution in [2.45, 2.75) is 119 Å². The Morgan fingerprint density at radius 3 is 1.29 bits per heavy atom. The van der Waals surface area contributed by atoms with Crippen LogP contribution in [-0.2, 0) is 57.5 Å². The van der Waals surface area contributed by atoms with Crippen LogP contribution in [0.4, 0.5) is 0 Å². The molecule has 8 amide bonds. The summed E-state index contributed by atoms with van der Waals surface area (Å²) in [5.74, 6) is -14.3. The average Bonchev–Trinajstić information content (AvgIpc) is 3.26. The standard InChI is InChI=1S/C38H65N15O16S/c1-70-15-12-23(53-34(66)22(8-11-28(58)59)49-30(62)18(39)6-10-27(56)57)35(67)52-21(7-9-25(40)54)33(65)51-20(5-3-14-46-38(43)44)32(64)50-19(4-2-13-45-37(41)42)31(63)47-17-26(55)48-24(36(68)69)16-29(60)61/h18-24H,2-17,39H2,1H3,(H2,40,54)(H,47,63)(H,48,55)(H,49,62)(H,50,64)(H,51,65)(H,52,67)(H,53,66)(H,56,57)(H,58,59)(H,60,61)(H,68,69)(H4,41,42,45)(H4,43,44,46)/t18-,19-,20-,21-,22-,23-,24-/m0/s1. The molecule has 32 heteroatoms. The first-order valence-corrected chi connectivity index (χ1v) is 22.8. The molecule has 0 bridgehead atoms. The van der Waals surface area contributed by atoms with Crippen molar-refractivity contribution in [2.24, 2.45) is 44.4 Å². The van der Waals surface area contributed by atoms with Crippen molar-refractivity contribution < 1.29 is 78.0 Å². The number of guanidine groups is 2. The number of primary amides is 1. The zero-order chi connectivity index (χ0) is 53.5. The summed E-state index contributed by atoms with van der Waals surface area (Å²) in [5, 5.41) is 52.6. The van der Waals surface area contributed by atoms with Crippen LogP contribution in [0.5, 0.6) is 0 Å². The van der Waals surface area contributed by atoms with E-state index in [0.29, 0.717) is 0 Å². The monoisotopic (exact) mass is 1020 g/mol. The highest BCUT2D eigenvalue weighted by Gasteiger charge is 2.34. The van der Waals surface area contributed by atoms with Gasteiger partial charge in [-0.2, -0.15) is 11.8 Å². The minimum absolute atomic E-state index is 0.0179. The second kappa shape index (κ2) is 33.9. The van der Waals surface area contributed by atoms with E-state index in [-0.39, 0.29) is 69.3 Å². The number of nitrogens with two attached hydrogens (primary N) is 6. The van der Waals surface area contributed by atoms with E-state index in [2.05, 4.69) is 41.9 Å². The van der Waals surface area contributed by atoms with Crippen molar-refractivity contribution >= 4 is 94.8 Å². The maximum Gasteiger partial charge on any atom is 0.326 e. The molecule has 0 aromatic heterocycles. The van der Waals surface area contributed by atoms with E-state index < -0.39 is 158 Å². The number of rotatable bonds is 37. The van der Waals surface area contributed by atoms with Gasteiger partial charge in [-0.1, -0.05) is 0 Å². The summed E-state index contributed by atoms with van der Waals surface area (Å²) in [6.45, 7) is -0.989. The predicted molar refractivity (Wildman–Crippen MR) is 247 cm³/mol. The summed E-state index contributed by atoms with van der Waals surface area (Å²) in [4.78, 5) is 158. The lowest BCUT2D eigenvalue weighted by Crippen LogP contribution is -2.59. The van der Waals surface area contributed by atoms with Crippen LogP contribution in [-0.4, -0.2) is 177 Å². The number of hydrogen-bond acceptors (Lipinski definition) is 16. The van der Waals surface area contributed by atoms with Crippen LogP contribution in [0, 0.1) is 0 Å². The summed E-state index contributed by atoms with van der Waals surface area (Å²) >= 11 is 1.25. The van der Waals surface area contributed by atoms with Gasteiger partial charge in [-0.25, -0.2) is 4.79 Å². The van der Waals surface area contributed by atoms with E-state index in [1.54, 1.807) is 6.26 Å². The Balaban J connectivity index is 6.72. The maximum atomic E-state index is 14.0. The maximum absolute atomic E-state index is 14.0. The first-order valence-electron chi connectivity index (χ1n) is 21.4. The molecule has 7 atom stereocenters. The average molecular weight is 1020 g/mol. The van der Waals surface area contributed by atoms with Gasteiger partial charge >= 0.3 is 23.9 Å². The number of carbonyl (C=O) groups is 12. The molecule has 0 aliphatic carbocycles. The Kier molecular flexibility index (Phi) is 30.2. The van der Waals surface area contributed by atoms with E-state index in [4.69, 9.17) is 44.6 Å². The molecule has 0 heterocycles. The molecular formula is C38H65N15O16S. The lowest BCUT2D eigenvalue weighted by molar-refractivity contribution is -0.147. The number of hydrogen-bond donors (Lipinski definition) is 17. The van der Waals surface area contributed by atoms with Gasteiger partial charge in [-0.15, -0.1) is 0 Å². The molecule has 0 saturated heterocycles. The lowest BCUT2D eigenvalue weighted by Gasteiger charge is -2.27. The van der Waals surface area contributed by atoms with Crippen LogP contribution >= 0.6 is 11.8 Å². The van der Waals surface area contributed by atoms with Crippen LogP contribution in [0.1, 0.15) is 77.0 Å². The fourth-order valence-electron chi connectivity index (χ4n) is 5.83. The van der Waals surface area contributed by atoms with Gasteiger partial charge < -0.3 is 92.0 Å². The minimum atomic E-state index is -1.84. The highest BCUT2D eigenvalue weighted by atomic mass is 32.2. The van der Waals surface area contributed by atoms with Gasteiger partial charge in [-0.05, 0) is 63.4 Å². The molecule has 0 rings (SSSR count). The first-order chi connectivity index (χ1) is 32.8. The van der Waals surface area contributed by atoms with E-state index in [1.807, 2.05) is 5.32 Å². The number of thioether (sulfide) groups is 1. The smallest absolute Gasteiger partial charge is 0.326 e. The molecule has 0 unspecified atom stereocenters. The third kappa shape index (κ3) is 28.6. The molecule has 31 nitrogen and oxygen atoms in total. The normalized spacial score (nSPS) is 13.6. The van der Waals surface area contributed by atoms with Gasteiger partial charge in [0.25, 0.3) is 0 Å². The van der Waals surface area contributed by atoms with E-state index in [1.165, 1.54) is 11.8 Å². The van der Waals surface area contributed by atoms with Crippen LogP contribution in [0.2, 0.25) is 0 Å². The Bertz CT molecular complexity index is 1920. The number of aliphatic carboxylic acids is 4. The molecule has 394 valence electrons. The van der Waals surface area contributed by atoms with E-state index >= 15 is 0 Å². The molecule has 0 aromatic rings. The van der Waals surface area contributed by atoms with Gasteiger partial charge in [-0.3, -0.25) is 62.7 Å². The number of aliphatic imine (C=N–C) groups is 2. The highest BCUT2D eigenvalue weighted by Crippen LogP contribution is 2.10. The largest absolute Gasteiger partial charge is 0.481 e. The zero-order valence-corrected chi connectivity index (χ0v) is 39.1.